The van der Waals surface area contributed by atoms with Gasteiger partial charge in [-0.15, -0.1) is 0 Å². The molecule has 2 aromatic rings. The molecule has 1 unspecified atom stereocenters. The van der Waals surface area contributed by atoms with E-state index in [0.717, 1.165) is 11.3 Å². The van der Waals surface area contributed by atoms with Gasteiger partial charge in [0.15, 0.2) is 0 Å². The molecule has 19 heavy (non-hydrogen) atoms. The van der Waals surface area contributed by atoms with Crippen LogP contribution >= 0.6 is 0 Å². The predicted octanol–water partition coefficient (Wildman–Crippen LogP) is 2.48. The van der Waals surface area contributed by atoms with Crippen LogP contribution in [0.5, 0.6) is 5.75 Å². The van der Waals surface area contributed by atoms with Crippen LogP contribution in [-0.2, 0) is 11.4 Å². The molecule has 0 aliphatic heterocycles. The summed E-state index contributed by atoms with van der Waals surface area (Å²) in [6, 6.07) is 16.2. The van der Waals surface area contributed by atoms with Gasteiger partial charge >= 0.3 is 0 Å². The number of benzene rings is 2. The Morgan fingerprint density at radius 1 is 1.11 bits per heavy atom. The topological polar surface area (TPSA) is 58.6 Å². The monoisotopic (exact) mass is 257 g/mol. The zero-order valence-corrected chi connectivity index (χ0v) is 10.3. The summed E-state index contributed by atoms with van der Waals surface area (Å²) in [5, 5.41) is 8.79. The van der Waals surface area contributed by atoms with Gasteiger partial charge in [0, 0.05) is 0 Å². The van der Waals surface area contributed by atoms with Crippen LogP contribution in [0.1, 0.15) is 17.2 Å². The first-order valence-electron chi connectivity index (χ1n) is 5.95. The van der Waals surface area contributed by atoms with Crippen LogP contribution in [-0.4, -0.2) is 11.5 Å². The van der Waals surface area contributed by atoms with Crippen LogP contribution in [0.2, 0.25) is 0 Å². The number of carbonyl (C=O) groups is 1. The Balaban J connectivity index is 1.97. The fourth-order valence-corrected chi connectivity index (χ4v) is 1.70. The highest BCUT2D eigenvalue weighted by Gasteiger charge is 2.08. The average molecular weight is 257 g/mol. The number of hydroxylamine groups is 1. The summed E-state index contributed by atoms with van der Waals surface area (Å²) in [7, 11) is 0. The summed E-state index contributed by atoms with van der Waals surface area (Å²) < 4.78 is 5.62. The molecule has 0 saturated carbocycles. The molecule has 0 aromatic heterocycles. The van der Waals surface area contributed by atoms with Gasteiger partial charge < -0.3 is 14.7 Å². The van der Waals surface area contributed by atoms with Crippen molar-refractivity contribution in [3.05, 3.63) is 65.7 Å². The maximum atomic E-state index is 10.7. The summed E-state index contributed by atoms with van der Waals surface area (Å²) in [6.45, 7) is 0.496. The molecule has 0 fully saturated rings. The number of ether oxygens (including phenoxy) is 1. The molecule has 98 valence electrons. The highest BCUT2D eigenvalue weighted by molar-refractivity contribution is 5.61. The molecular weight excluding hydrogens is 242 g/mol. The highest BCUT2D eigenvalue weighted by Crippen LogP contribution is 2.17. The van der Waals surface area contributed by atoms with E-state index in [-0.39, 0.29) is 0 Å². The number of nitrogens with one attached hydrogen (secondary N) is 1. The maximum Gasteiger partial charge on any atom is 0.143 e. The van der Waals surface area contributed by atoms with E-state index >= 15 is 0 Å². The van der Waals surface area contributed by atoms with E-state index in [1.165, 1.54) is 0 Å². The Morgan fingerprint density at radius 3 is 2.37 bits per heavy atom. The van der Waals surface area contributed by atoms with Crippen LogP contribution in [0.3, 0.4) is 0 Å². The molecule has 2 aromatic carbocycles. The number of hydrogen-bond donors (Lipinski definition) is 2. The molecule has 0 aliphatic rings. The van der Waals surface area contributed by atoms with Crippen LogP contribution in [0.15, 0.2) is 54.6 Å². The molecule has 0 bridgehead atoms. The first-order chi connectivity index (χ1) is 9.33. The quantitative estimate of drug-likeness (QED) is 0.616. The van der Waals surface area contributed by atoms with E-state index in [1.807, 2.05) is 35.8 Å². The summed E-state index contributed by atoms with van der Waals surface area (Å²) >= 11 is 0. The van der Waals surface area contributed by atoms with Gasteiger partial charge in [-0.1, -0.05) is 42.5 Å². The lowest BCUT2D eigenvalue weighted by Gasteiger charge is -2.10. The van der Waals surface area contributed by atoms with Gasteiger partial charge in [-0.05, 0) is 23.3 Å². The minimum Gasteiger partial charge on any atom is -0.489 e. The van der Waals surface area contributed by atoms with Crippen molar-refractivity contribution in [2.45, 2.75) is 12.6 Å². The van der Waals surface area contributed by atoms with Crippen molar-refractivity contribution in [2.75, 3.05) is 0 Å². The SMILES string of the molecule is O=CC(NO)c1ccc(OCc2ccccc2)cc1. The van der Waals surface area contributed by atoms with Crippen LogP contribution in [0, 0.1) is 0 Å². The first kappa shape index (κ1) is 13.3. The summed E-state index contributed by atoms with van der Waals surface area (Å²) in [5.41, 5.74) is 3.71. The van der Waals surface area contributed by atoms with Crippen molar-refractivity contribution in [1.82, 2.24) is 5.48 Å². The summed E-state index contributed by atoms with van der Waals surface area (Å²) in [4.78, 5) is 10.7. The Bertz CT molecular complexity index is 511. The minimum absolute atomic E-state index is 0.496. The van der Waals surface area contributed by atoms with Crippen LogP contribution < -0.4 is 10.2 Å². The fraction of sp³-hybridized carbons (Fsp3) is 0.133. The first-order valence-corrected chi connectivity index (χ1v) is 5.95. The second-order valence-corrected chi connectivity index (χ2v) is 4.09. The molecule has 1 atom stereocenters. The zero-order chi connectivity index (χ0) is 13.5. The van der Waals surface area contributed by atoms with Crippen molar-refractivity contribution < 1.29 is 14.7 Å². The lowest BCUT2D eigenvalue weighted by molar-refractivity contribution is -0.111. The van der Waals surface area contributed by atoms with Gasteiger partial charge in [0.2, 0.25) is 0 Å². The van der Waals surface area contributed by atoms with Crippen molar-refractivity contribution in [3.63, 3.8) is 0 Å². The Kier molecular flexibility index (Phi) is 4.66. The molecule has 2 rings (SSSR count). The normalized spacial score (nSPS) is 11.8. The molecule has 4 heteroatoms. The fourth-order valence-electron chi connectivity index (χ4n) is 1.70. The van der Waals surface area contributed by atoms with Gasteiger partial charge in [-0.2, -0.15) is 5.48 Å². The van der Waals surface area contributed by atoms with E-state index < -0.39 is 6.04 Å². The molecule has 0 aliphatic carbocycles. The van der Waals surface area contributed by atoms with E-state index in [0.29, 0.717) is 18.5 Å². The minimum atomic E-state index is -0.705. The standard InChI is InChI=1S/C15H15NO3/c17-10-15(16-18)13-6-8-14(9-7-13)19-11-12-4-2-1-3-5-12/h1-10,15-16,18H,11H2. The highest BCUT2D eigenvalue weighted by atomic mass is 16.5. The smallest absolute Gasteiger partial charge is 0.143 e. The number of carbonyl (C=O) groups excluding carboxylic acids is 1. The Morgan fingerprint density at radius 2 is 1.79 bits per heavy atom. The van der Waals surface area contributed by atoms with Crippen molar-refractivity contribution in [1.29, 1.82) is 0 Å². The van der Waals surface area contributed by atoms with Crippen LogP contribution in [0.25, 0.3) is 0 Å². The molecule has 0 amide bonds. The third-order valence-corrected chi connectivity index (χ3v) is 2.76. The van der Waals surface area contributed by atoms with Gasteiger partial charge in [0.05, 0.1) is 0 Å². The summed E-state index contributed by atoms with van der Waals surface area (Å²) in [6.07, 6.45) is 0.639. The second kappa shape index (κ2) is 6.68. The number of hydrogen-bond acceptors (Lipinski definition) is 4. The Hall–Kier alpha value is -2.17. The molecule has 0 spiro atoms. The maximum absolute atomic E-state index is 10.7. The lowest BCUT2D eigenvalue weighted by atomic mass is 10.1. The lowest BCUT2D eigenvalue weighted by Crippen LogP contribution is -2.17. The van der Waals surface area contributed by atoms with Gasteiger partial charge in [0.1, 0.15) is 24.7 Å². The second-order valence-electron chi connectivity index (χ2n) is 4.09. The molecule has 0 radical (unpaired) electrons. The third kappa shape index (κ3) is 3.64. The van der Waals surface area contributed by atoms with Crippen molar-refractivity contribution >= 4 is 6.29 Å². The largest absolute Gasteiger partial charge is 0.489 e. The van der Waals surface area contributed by atoms with Gasteiger partial charge in [-0.3, -0.25) is 0 Å². The van der Waals surface area contributed by atoms with E-state index in [1.54, 1.807) is 24.3 Å². The van der Waals surface area contributed by atoms with E-state index in [2.05, 4.69) is 0 Å². The van der Waals surface area contributed by atoms with Gasteiger partial charge in [-0.25, -0.2) is 0 Å². The Labute approximate surface area is 111 Å². The molecule has 2 N–H and O–H groups in total. The molecule has 4 nitrogen and oxygen atoms in total. The molecule has 0 heterocycles. The van der Waals surface area contributed by atoms with Crippen molar-refractivity contribution in [2.24, 2.45) is 0 Å². The molecular formula is C15H15NO3. The van der Waals surface area contributed by atoms with E-state index in [4.69, 9.17) is 9.94 Å². The van der Waals surface area contributed by atoms with Gasteiger partial charge in [0.25, 0.3) is 0 Å². The predicted molar refractivity (Wildman–Crippen MR) is 70.9 cm³/mol. The van der Waals surface area contributed by atoms with E-state index in [9.17, 15) is 4.79 Å². The summed E-state index contributed by atoms with van der Waals surface area (Å²) in [5.74, 6) is 0.718. The average Bonchev–Trinajstić information content (AvgIpc) is 2.49. The third-order valence-electron chi connectivity index (χ3n) is 2.76. The number of rotatable bonds is 6. The van der Waals surface area contributed by atoms with Crippen molar-refractivity contribution in [3.8, 4) is 5.75 Å². The zero-order valence-electron chi connectivity index (χ0n) is 10.3. The van der Waals surface area contributed by atoms with Crippen LogP contribution in [0.4, 0.5) is 0 Å². The number of aldehydes is 1. The molecule has 0 saturated heterocycles.